The van der Waals surface area contributed by atoms with E-state index in [2.05, 4.69) is 18.5 Å². The van der Waals surface area contributed by atoms with Crippen molar-refractivity contribution in [2.75, 3.05) is 26.2 Å². The van der Waals surface area contributed by atoms with Crippen LogP contribution in [-0.4, -0.2) is 76.3 Å². The molecule has 0 spiro atoms. The number of hydrogen-bond acceptors (Lipinski definition) is 5. The third-order valence-electron chi connectivity index (χ3n) is 7.01. The minimum Gasteiger partial charge on any atom is -0.489 e. The second-order valence-electron chi connectivity index (χ2n) is 10.7. The molecule has 2 aromatic carbocycles. The van der Waals surface area contributed by atoms with Gasteiger partial charge in [-0.3, -0.25) is 9.59 Å². The summed E-state index contributed by atoms with van der Waals surface area (Å²) < 4.78 is 19.9. The Morgan fingerprint density at radius 2 is 1.77 bits per heavy atom. The van der Waals surface area contributed by atoms with Gasteiger partial charge >= 0.3 is 6.09 Å². The predicted molar refractivity (Wildman–Crippen MR) is 169 cm³/mol. The van der Waals surface area contributed by atoms with Crippen LogP contribution in [-0.2, 0) is 29.0 Å². The topological polar surface area (TPSA) is 119 Å². The number of aryl methyl sites for hydroxylation is 1. The van der Waals surface area contributed by atoms with E-state index in [0.29, 0.717) is 25.1 Å². The van der Waals surface area contributed by atoms with Crippen LogP contribution in [0.1, 0.15) is 56.2 Å². The van der Waals surface area contributed by atoms with Crippen molar-refractivity contribution in [2.45, 2.75) is 71.1 Å². The van der Waals surface area contributed by atoms with Crippen LogP contribution >= 0.6 is 0 Å². The fourth-order valence-corrected chi connectivity index (χ4v) is 4.83. The number of nitrogens with zero attached hydrogens (tertiary/aromatic N) is 2. The number of carbonyl (C=O) groups is 3. The lowest BCUT2D eigenvalue weighted by molar-refractivity contribution is -0.131. The molecule has 0 heterocycles. The highest BCUT2D eigenvalue weighted by atomic mass is 19.1. The van der Waals surface area contributed by atoms with Crippen molar-refractivity contribution in [3.63, 3.8) is 0 Å². The van der Waals surface area contributed by atoms with E-state index in [4.69, 9.17) is 4.74 Å². The first kappa shape index (κ1) is 36.0. The SMILES string of the molecule is C=CCOc1cc(F)cc(CC(NC(=O)CCCC(=O)N(CC=C)CCC)C(O)CN(Cc2cccc(CC)c2)C(=O)O)c1. The summed E-state index contributed by atoms with van der Waals surface area (Å²) in [5.74, 6) is -0.785. The van der Waals surface area contributed by atoms with Crippen LogP contribution in [0.15, 0.2) is 67.8 Å². The van der Waals surface area contributed by atoms with Crippen molar-refractivity contribution in [1.82, 2.24) is 15.1 Å². The maximum absolute atomic E-state index is 14.4. The van der Waals surface area contributed by atoms with Gasteiger partial charge in [-0.15, -0.1) is 6.58 Å². The lowest BCUT2D eigenvalue weighted by Crippen LogP contribution is -2.50. The number of aliphatic hydroxyl groups is 1. The summed E-state index contributed by atoms with van der Waals surface area (Å²) in [5.41, 5.74) is 2.27. The van der Waals surface area contributed by atoms with Gasteiger partial charge in [0, 0.05) is 38.5 Å². The van der Waals surface area contributed by atoms with Crippen LogP contribution in [0.3, 0.4) is 0 Å². The Balaban J connectivity index is 2.20. The summed E-state index contributed by atoms with van der Waals surface area (Å²) in [7, 11) is 0. The van der Waals surface area contributed by atoms with Crippen molar-refractivity contribution in [2.24, 2.45) is 0 Å². The molecule has 0 saturated heterocycles. The highest BCUT2D eigenvalue weighted by Crippen LogP contribution is 2.20. The molecule has 0 aromatic heterocycles. The first-order valence-electron chi connectivity index (χ1n) is 15.0. The van der Waals surface area contributed by atoms with Crippen LogP contribution in [0.25, 0.3) is 0 Å². The minimum absolute atomic E-state index is 0.0104. The van der Waals surface area contributed by atoms with Crippen molar-refractivity contribution in [1.29, 1.82) is 0 Å². The molecule has 44 heavy (non-hydrogen) atoms. The Kier molecular flexibility index (Phi) is 15.7. The number of amides is 3. The number of aliphatic hydroxyl groups excluding tert-OH is 1. The zero-order valence-corrected chi connectivity index (χ0v) is 25.8. The molecule has 0 bridgehead atoms. The number of hydrogen-bond donors (Lipinski definition) is 3. The number of rotatable bonds is 20. The summed E-state index contributed by atoms with van der Waals surface area (Å²) in [6.45, 7) is 12.2. The van der Waals surface area contributed by atoms with E-state index < -0.39 is 30.0 Å². The fraction of sp³-hybridized carbons (Fsp3) is 0.441. The van der Waals surface area contributed by atoms with Crippen molar-refractivity contribution >= 4 is 17.9 Å². The average molecular weight is 612 g/mol. The molecule has 2 atom stereocenters. The zero-order chi connectivity index (χ0) is 32.5. The summed E-state index contributed by atoms with van der Waals surface area (Å²) in [6.07, 6.45) is 2.73. The third-order valence-corrected chi connectivity index (χ3v) is 7.01. The van der Waals surface area contributed by atoms with Gasteiger partial charge in [0.05, 0.1) is 18.7 Å². The molecule has 3 N–H and O–H groups in total. The summed E-state index contributed by atoms with van der Waals surface area (Å²) in [5, 5.41) is 24.0. The van der Waals surface area contributed by atoms with Crippen LogP contribution in [0.5, 0.6) is 5.75 Å². The molecule has 240 valence electrons. The monoisotopic (exact) mass is 611 g/mol. The molecule has 0 aliphatic rings. The molecule has 10 heteroatoms. The molecular formula is C34H46FN3O6. The van der Waals surface area contributed by atoms with E-state index in [-0.39, 0.29) is 50.6 Å². The highest BCUT2D eigenvalue weighted by molar-refractivity contribution is 5.79. The molecule has 2 aromatic rings. The minimum atomic E-state index is -1.32. The lowest BCUT2D eigenvalue weighted by Gasteiger charge is -2.29. The molecule has 0 fully saturated rings. The van der Waals surface area contributed by atoms with Crippen LogP contribution in [0.4, 0.5) is 9.18 Å². The Hall–Kier alpha value is -4.18. The number of carbonyl (C=O) groups excluding carboxylic acids is 2. The fourth-order valence-electron chi connectivity index (χ4n) is 4.83. The van der Waals surface area contributed by atoms with E-state index in [1.807, 2.05) is 38.1 Å². The average Bonchev–Trinajstić information content (AvgIpc) is 2.99. The maximum atomic E-state index is 14.4. The van der Waals surface area contributed by atoms with Gasteiger partial charge in [0.2, 0.25) is 11.8 Å². The quantitative estimate of drug-likeness (QED) is 0.179. The molecule has 2 rings (SSSR count). The normalized spacial score (nSPS) is 12.1. The number of carboxylic acid groups (broad SMARTS) is 1. The van der Waals surface area contributed by atoms with Crippen molar-refractivity contribution in [3.05, 3.63) is 90.3 Å². The lowest BCUT2D eigenvalue weighted by atomic mass is 9.99. The molecule has 3 amide bonds. The highest BCUT2D eigenvalue weighted by Gasteiger charge is 2.27. The maximum Gasteiger partial charge on any atom is 0.407 e. The Labute approximate surface area is 260 Å². The number of ether oxygens (including phenoxy) is 1. The van der Waals surface area contributed by atoms with Crippen LogP contribution in [0.2, 0.25) is 0 Å². The first-order valence-corrected chi connectivity index (χ1v) is 15.0. The Morgan fingerprint density at radius 1 is 1.02 bits per heavy atom. The molecule has 9 nitrogen and oxygen atoms in total. The van der Waals surface area contributed by atoms with E-state index in [0.717, 1.165) is 28.9 Å². The van der Waals surface area contributed by atoms with Gasteiger partial charge in [0.15, 0.2) is 0 Å². The molecule has 2 unspecified atom stereocenters. The summed E-state index contributed by atoms with van der Waals surface area (Å²) >= 11 is 0. The first-order chi connectivity index (χ1) is 21.1. The second kappa shape index (κ2) is 19.2. The molecule has 0 radical (unpaired) electrons. The van der Waals surface area contributed by atoms with Gasteiger partial charge in [-0.2, -0.15) is 0 Å². The zero-order valence-electron chi connectivity index (χ0n) is 25.8. The van der Waals surface area contributed by atoms with Crippen molar-refractivity contribution < 1.29 is 33.7 Å². The number of nitrogens with one attached hydrogen (secondary N) is 1. The smallest absolute Gasteiger partial charge is 0.407 e. The van der Waals surface area contributed by atoms with Crippen molar-refractivity contribution in [3.8, 4) is 5.75 Å². The molecular weight excluding hydrogens is 565 g/mol. The second-order valence-corrected chi connectivity index (χ2v) is 10.7. The van der Waals surface area contributed by atoms with E-state index in [1.165, 1.54) is 18.2 Å². The molecule has 0 saturated carbocycles. The van der Waals surface area contributed by atoms with E-state index in [9.17, 15) is 29.0 Å². The van der Waals surface area contributed by atoms with Gasteiger partial charge in [-0.1, -0.05) is 56.8 Å². The van der Waals surface area contributed by atoms with Crippen LogP contribution in [0, 0.1) is 5.82 Å². The standard InChI is InChI=1S/C34H46FN3O6/c1-5-15-37(16-6-2)33(41)14-10-13-32(40)36-30(21-27-19-28(35)22-29(20-27)44-17-7-3)31(39)24-38(34(42)43)23-26-12-9-11-25(8-4)18-26/h5,7,9,11-12,18-20,22,30-31,39H,1,3,6,8,10,13-17,21,23-24H2,2,4H3,(H,36,40)(H,42,43). The van der Waals surface area contributed by atoms with Gasteiger partial charge < -0.3 is 30.1 Å². The summed E-state index contributed by atoms with van der Waals surface area (Å²) in [6, 6.07) is 10.7. The Bertz CT molecular complexity index is 1250. The predicted octanol–water partition coefficient (Wildman–Crippen LogP) is 5.12. The molecule has 0 aliphatic heterocycles. The third kappa shape index (κ3) is 12.6. The van der Waals surface area contributed by atoms with Gasteiger partial charge in [0.25, 0.3) is 0 Å². The van der Waals surface area contributed by atoms with E-state index >= 15 is 0 Å². The molecule has 0 aliphatic carbocycles. The Morgan fingerprint density at radius 3 is 2.43 bits per heavy atom. The van der Waals surface area contributed by atoms with Gasteiger partial charge in [-0.05, 0) is 54.5 Å². The van der Waals surface area contributed by atoms with Crippen LogP contribution < -0.4 is 10.1 Å². The number of halogens is 1. The summed E-state index contributed by atoms with van der Waals surface area (Å²) in [4.78, 5) is 40.5. The number of benzene rings is 2. The largest absolute Gasteiger partial charge is 0.489 e. The van der Waals surface area contributed by atoms with E-state index in [1.54, 1.807) is 17.0 Å². The van der Waals surface area contributed by atoms with Gasteiger partial charge in [0.1, 0.15) is 18.2 Å². The van der Waals surface area contributed by atoms with Gasteiger partial charge in [-0.25, -0.2) is 9.18 Å².